The van der Waals surface area contributed by atoms with Crippen molar-refractivity contribution in [3.63, 3.8) is 0 Å². The SMILES string of the molecule is Clc1cccc(Cl)c1Nc1ccccc1CBr. The minimum absolute atomic E-state index is 0.613. The molecular formula is C13H10BrCl2N. The Morgan fingerprint density at radius 2 is 1.59 bits per heavy atom. The van der Waals surface area contributed by atoms with E-state index in [9.17, 15) is 0 Å². The molecule has 17 heavy (non-hydrogen) atoms. The lowest BCUT2D eigenvalue weighted by Crippen LogP contribution is -1.95. The van der Waals surface area contributed by atoms with Gasteiger partial charge in [0.1, 0.15) is 0 Å². The zero-order chi connectivity index (χ0) is 12.3. The summed E-state index contributed by atoms with van der Waals surface area (Å²) in [6.07, 6.45) is 0. The van der Waals surface area contributed by atoms with E-state index in [2.05, 4.69) is 21.2 Å². The Hall–Kier alpha value is -0.700. The van der Waals surface area contributed by atoms with Gasteiger partial charge in [-0.1, -0.05) is 63.4 Å². The third-order valence-electron chi connectivity index (χ3n) is 2.38. The largest absolute Gasteiger partial charge is 0.353 e. The minimum atomic E-state index is 0.613. The van der Waals surface area contributed by atoms with Crippen molar-refractivity contribution in [2.75, 3.05) is 5.32 Å². The second kappa shape index (κ2) is 5.76. The lowest BCUT2D eigenvalue weighted by molar-refractivity contribution is 1.41. The first-order valence-corrected chi connectivity index (χ1v) is 6.95. The molecular weight excluding hydrogens is 321 g/mol. The standard InChI is InChI=1S/C13H10BrCl2N/c14-8-9-4-1-2-7-12(9)17-13-10(15)5-3-6-11(13)16/h1-7,17H,8H2. The van der Waals surface area contributed by atoms with Crippen LogP contribution >= 0.6 is 39.1 Å². The summed E-state index contributed by atoms with van der Waals surface area (Å²) in [5.41, 5.74) is 2.90. The molecule has 2 aromatic rings. The maximum Gasteiger partial charge on any atom is 0.0763 e. The summed E-state index contributed by atoms with van der Waals surface area (Å²) in [6.45, 7) is 0. The summed E-state index contributed by atoms with van der Waals surface area (Å²) in [7, 11) is 0. The molecule has 0 amide bonds. The summed E-state index contributed by atoms with van der Waals surface area (Å²) in [5, 5.41) is 5.27. The molecule has 0 spiro atoms. The van der Waals surface area contributed by atoms with Crippen LogP contribution in [0, 0.1) is 0 Å². The van der Waals surface area contributed by atoms with Crippen molar-refractivity contribution < 1.29 is 0 Å². The molecule has 4 heteroatoms. The van der Waals surface area contributed by atoms with Crippen molar-refractivity contribution in [2.45, 2.75) is 5.33 Å². The number of nitrogens with one attached hydrogen (secondary N) is 1. The lowest BCUT2D eigenvalue weighted by Gasteiger charge is -2.13. The first kappa shape index (κ1) is 12.7. The van der Waals surface area contributed by atoms with E-state index >= 15 is 0 Å². The summed E-state index contributed by atoms with van der Waals surface area (Å²) in [4.78, 5) is 0. The highest BCUT2D eigenvalue weighted by atomic mass is 79.9. The molecule has 0 aliphatic rings. The number of halogens is 3. The predicted molar refractivity (Wildman–Crippen MR) is 78.8 cm³/mol. The fourth-order valence-corrected chi connectivity index (χ4v) is 2.49. The summed E-state index contributed by atoms with van der Waals surface area (Å²) < 4.78 is 0. The second-order valence-electron chi connectivity index (χ2n) is 3.51. The van der Waals surface area contributed by atoms with Crippen molar-refractivity contribution in [1.82, 2.24) is 0 Å². The van der Waals surface area contributed by atoms with Gasteiger partial charge in [0.05, 0.1) is 15.7 Å². The molecule has 2 rings (SSSR count). The van der Waals surface area contributed by atoms with Gasteiger partial charge in [0.25, 0.3) is 0 Å². The summed E-state index contributed by atoms with van der Waals surface area (Å²) in [6, 6.07) is 13.5. The molecule has 2 aromatic carbocycles. The van der Waals surface area contributed by atoms with Gasteiger partial charge >= 0.3 is 0 Å². The average molecular weight is 331 g/mol. The van der Waals surface area contributed by atoms with E-state index in [0.29, 0.717) is 10.0 Å². The van der Waals surface area contributed by atoms with E-state index < -0.39 is 0 Å². The topological polar surface area (TPSA) is 12.0 Å². The Kier molecular flexibility index (Phi) is 4.32. The minimum Gasteiger partial charge on any atom is -0.353 e. The number of anilines is 2. The average Bonchev–Trinajstić information content (AvgIpc) is 2.34. The highest BCUT2D eigenvalue weighted by molar-refractivity contribution is 9.08. The molecule has 0 saturated heterocycles. The Morgan fingerprint density at radius 1 is 0.941 bits per heavy atom. The number of para-hydroxylation sites is 2. The van der Waals surface area contributed by atoms with Crippen molar-refractivity contribution in [3.8, 4) is 0 Å². The van der Waals surface area contributed by atoms with E-state index in [0.717, 1.165) is 22.3 Å². The predicted octanol–water partition coefficient (Wildman–Crippen LogP) is 5.63. The molecule has 88 valence electrons. The van der Waals surface area contributed by atoms with Gasteiger partial charge in [0.2, 0.25) is 0 Å². The molecule has 0 atom stereocenters. The first-order valence-electron chi connectivity index (χ1n) is 5.07. The van der Waals surface area contributed by atoms with Crippen LogP contribution in [-0.4, -0.2) is 0 Å². The van der Waals surface area contributed by atoms with Crippen LogP contribution in [0.5, 0.6) is 0 Å². The molecule has 0 aliphatic heterocycles. The van der Waals surface area contributed by atoms with E-state index in [1.807, 2.05) is 42.5 Å². The maximum absolute atomic E-state index is 6.12. The third-order valence-corrected chi connectivity index (χ3v) is 3.62. The molecule has 0 radical (unpaired) electrons. The zero-order valence-electron chi connectivity index (χ0n) is 8.88. The fraction of sp³-hybridized carbons (Fsp3) is 0.0769. The monoisotopic (exact) mass is 329 g/mol. The number of alkyl halides is 1. The highest BCUT2D eigenvalue weighted by Gasteiger charge is 2.07. The van der Waals surface area contributed by atoms with E-state index in [-0.39, 0.29) is 0 Å². The number of benzene rings is 2. The molecule has 0 unspecified atom stereocenters. The molecule has 0 aliphatic carbocycles. The summed E-state index contributed by atoms with van der Waals surface area (Å²) in [5.74, 6) is 0. The Labute approximate surface area is 119 Å². The number of hydrogen-bond acceptors (Lipinski definition) is 1. The molecule has 0 fully saturated rings. The van der Waals surface area contributed by atoms with Gasteiger partial charge in [-0.3, -0.25) is 0 Å². The van der Waals surface area contributed by atoms with Crippen LogP contribution in [-0.2, 0) is 5.33 Å². The molecule has 0 bridgehead atoms. The van der Waals surface area contributed by atoms with E-state index in [1.165, 1.54) is 0 Å². The third kappa shape index (κ3) is 2.95. The van der Waals surface area contributed by atoms with Crippen molar-refractivity contribution >= 4 is 50.5 Å². The van der Waals surface area contributed by atoms with Crippen LogP contribution in [0.2, 0.25) is 10.0 Å². The van der Waals surface area contributed by atoms with Crippen molar-refractivity contribution in [1.29, 1.82) is 0 Å². The fourth-order valence-electron chi connectivity index (χ4n) is 1.51. The molecule has 0 saturated carbocycles. The van der Waals surface area contributed by atoms with Gasteiger partial charge in [-0.2, -0.15) is 0 Å². The Bertz CT molecular complexity index is 508. The van der Waals surface area contributed by atoms with E-state index in [4.69, 9.17) is 23.2 Å². The number of rotatable bonds is 3. The quantitative estimate of drug-likeness (QED) is 0.719. The van der Waals surface area contributed by atoms with Gasteiger partial charge < -0.3 is 5.32 Å². The second-order valence-corrected chi connectivity index (χ2v) is 4.89. The van der Waals surface area contributed by atoms with Crippen LogP contribution in [0.15, 0.2) is 42.5 Å². The lowest BCUT2D eigenvalue weighted by atomic mass is 10.2. The normalized spacial score (nSPS) is 10.3. The summed E-state index contributed by atoms with van der Waals surface area (Å²) >= 11 is 15.7. The van der Waals surface area contributed by atoms with Gasteiger partial charge in [0, 0.05) is 11.0 Å². The van der Waals surface area contributed by atoms with Crippen LogP contribution in [0.1, 0.15) is 5.56 Å². The van der Waals surface area contributed by atoms with Crippen LogP contribution in [0.4, 0.5) is 11.4 Å². The van der Waals surface area contributed by atoms with Crippen molar-refractivity contribution in [2.24, 2.45) is 0 Å². The Balaban J connectivity index is 2.38. The molecule has 0 heterocycles. The smallest absolute Gasteiger partial charge is 0.0763 e. The highest BCUT2D eigenvalue weighted by Crippen LogP contribution is 2.33. The van der Waals surface area contributed by atoms with E-state index in [1.54, 1.807) is 0 Å². The van der Waals surface area contributed by atoms with Crippen molar-refractivity contribution in [3.05, 3.63) is 58.1 Å². The Morgan fingerprint density at radius 3 is 2.24 bits per heavy atom. The van der Waals surface area contributed by atoms with Gasteiger partial charge in [-0.05, 0) is 23.8 Å². The van der Waals surface area contributed by atoms with Crippen LogP contribution in [0.3, 0.4) is 0 Å². The first-order chi connectivity index (χ1) is 8.22. The molecule has 0 aromatic heterocycles. The van der Waals surface area contributed by atoms with Crippen LogP contribution in [0.25, 0.3) is 0 Å². The van der Waals surface area contributed by atoms with Crippen LogP contribution < -0.4 is 5.32 Å². The maximum atomic E-state index is 6.12. The molecule has 1 nitrogen and oxygen atoms in total. The van der Waals surface area contributed by atoms with Gasteiger partial charge in [-0.25, -0.2) is 0 Å². The number of hydrogen-bond donors (Lipinski definition) is 1. The van der Waals surface area contributed by atoms with Gasteiger partial charge in [0.15, 0.2) is 0 Å². The molecule has 1 N–H and O–H groups in total. The van der Waals surface area contributed by atoms with Gasteiger partial charge in [-0.15, -0.1) is 0 Å². The zero-order valence-corrected chi connectivity index (χ0v) is 12.0.